The molecule has 1 aromatic rings. The van der Waals surface area contributed by atoms with E-state index in [-0.39, 0.29) is 35.6 Å². The highest BCUT2D eigenvalue weighted by atomic mass is 16.6. The molecule has 1 aromatic carbocycles. The van der Waals surface area contributed by atoms with Crippen molar-refractivity contribution in [3.8, 4) is 5.75 Å². The number of methoxy groups -OCH3 is 1. The molecule has 4 rings (SSSR count). The van der Waals surface area contributed by atoms with Gasteiger partial charge in [-0.15, -0.1) is 0 Å². The number of carbonyl (C=O) groups is 2. The number of amidine groups is 1. The summed E-state index contributed by atoms with van der Waals surface area (Å²) in [6, 6.07) is 7.45. The van der Waals surface area contributed by atoms with Crippen LogP contribution >= 0.6 is 0 Å². The Morgan fingerprint density at radius 2 is 2.03 bits per heavy atom. The van der Waals surface area contributed by atoms with Crippen molar-refractivity contribution in [3.63, 3.8) is 0 Å². The Kier molecular flexibility index (Phi) is 6.78. The summed E-state index contributed by atoms with van der Waals surface area (Å²) in [7, 11) is 1.61. The maximum Gasteiger partial charge on any atom is 0.407 e. The van der Waals surface area contributed by atoms with Gasteiger partial charge in [0.05, 0.1) is 31.2 Å². The number of nitrogens with one attached hydrogen (secondary N) is 3. The molecule has 2 amide bonds. The van der Waals surface area contributed by atoms with Crippen LogP contribution in [0, 0.1) is 5.92 Å². The number of hydrogen-bond donors (Lipinski definition) is 3. The third kappa shape index (κ3) is 5.76. The molecular weight excluding hydrogens is 424 g/mol. The summed E-state index contributed by atoms with van der Waals surface area (Å²) >= 11 is 0. The van der Waals surface area contributed by atoms with Crippen molar-refractivity contribution in [3.05, 3.63) is 29.8 Å². The van der Waals surface area contributed by atoms with Gasteiger partial charge in [0, 0.05) is 13.0 Å². The Morgan fingerprint density at radius 3 is 2.73 bits per heavy atom. The van der Waals surface area contributed by atoms with Crippen LogP contribution in [0.1, 0.15) is 51.5 Å². The van der Waals surface area contributed by atoms with E-state index in [0.717, 1.165) is 37.0 Å². The maximum absolute atomic E-state index is 12.5. The van der Waals surface area contributed by atoms with E-state index in [2.05, 4.69) is 28.1 Å². The fourth-order valence-electron chi connectivity index (χ4n) is 4.88. The molecule has 2 heterocycles. The molecule has 33 heavy (non-hydrogen) atoms. The van der Waals surface area contributed by atoms with Gasteiger partial charge >= 0.3 is 6.09 Å². The molecule has 0 bridgehead atoms. The lowest BCUT2D eigenvalue weighted by atomic mass is 9.82. The Morgan fingerprint density at radius 1 is 1.24 bits per heavy atom. The topological polar surface area (TPSA) is 110 Å². The van der Waals surface area contributed by atoms with Gasteiger partial charge in [-0.2, -0.15) is 5.10 Å². The van der Waals surface area contributed by atoms with Crippen molar-refractivity contribution in [2.45, 2.75) is 69.6 Å². The predicted molar refractivity (Wildman–Crippen MR) is 123 cm³/mol. The second kappa shape index (κ2) is 9.59. The van der Waals surface area contributed by atoms with Crippen LogP contribution in [0.2, 0.25) is 0 Å². The first-order chi connectivity index (χ1) is 15.8. The standard InChI is InChI=1S/C24H34N4O5/c1-23(10-11-32-15-23)26-22(30)33-19-9-6-17(13-19)24(2)14-20(27-28-24)25-21(29)12-16-4-7-18(31-3)8-5-16/h4-5,7-8,17,19,28H,6,9-15H2,1-3H3,(H,26,30)(H,25,27,29)/t17-,19+,23?,24?/m0/s1. The molecule has 9 heteroatoms. The molecule has 3 aliphatic rings. The van der Waals surface area contributed by atoms with Crippen LogP contribution < -0.4 is 20.8 Å². The first kappa shape index (κ1) is 23.4. The van der Waals surface area contributed by atoms with Gasteiger partial charge in [0.1, 0.15) is 17.7 Å². The van der Waals surface area contributed by atoms with Gasteiger partial charge < -0.3 is 30.3 Å². The smallest absolute Gasteiger partial charge is 0.407 e. The fraction of sp³-hybridized carbons (Fsp3) is 0.625. The van der Waals surface area contributed by atoms with Crippen LogP contribution in [0.4, 0.5) is 4.79 Å². The first-order valence-corrected chi connectivity index (χ1v) is 11.6. The van der Waals surface area contributed by atoms with Crippen LogP contribution in [0.25, 0.3) is 0 Å². The largest absolute Gasteiger partial charge is 0.497 e. The molecular formula is C24H34N4O5. The Hall–Kier alpha value is -2.81. The van der Waals surface area contributed by atoms with E-state index in [1.807, 2.05) is 31.2 Å². The van der Waals surface area contributed by atoms with Crippen LogP contribution in [0.15, 0.2) is 29.4 Å². The zero-order valence-electron chi connectivity index (χ0n) is 19.6. The molecule has 2 unspecified atom stereocenters. The van der Waals surface area contributed by atoms with Crippen LogP contribution in [0.3, 0.4) is 0 Å². The molecule has 2 aliphatic heterocycles. The number of alkyl carbamates (subject to hydrolysis) is 1. The molecule has 2 fully saturated rings. The van der Waals surface area contributed by atoms with Crippen molar-refractivity contribution in [2.75, 3.05) is 20.3 Å². The highest BCUT2D eigenvalue weighted by Crippen LogP contribution is 2.39. The van der Waals surface area contributed by atoms with E-state index in [4.69, 9.17) is 14.2 Å². The lowest BCUT2D eigenvalue weighted by Gasteiger charge is -2.31. The maximum atomic E-state index is 12.5. The number of hydrogen-bond acceptors (Lipinski definition) is 7. The highest BCUT2D eigenvalue weighted by Gasteiger charge is 2.44. The Bertz CT molecular complexity index is 897. The van der Waals surface area contributed by atoms with Crippen LogP contribution in [0.5, 0.6) is 5.75 Å². The molecule has 1 saturated heterocycles. The molecule has 0 aromatic heterocycles. The summed E-state index contributed by atoms with van der Waals surface area (Å²) in [5.74, 6) is 1.60. The number of carbonyl (C=O) groups excluding carboxylic acids is 2. The summed E-state index contributed by atoms with van der Waals surface area (Å²) < 4.78 is 16.2. The van der Waals surface area contributed by atoms with Gasteiger partial charge in [-0.3, -0.25) is 4.79 Å². The van der Waals surface area contributed by atoms with E-state index >= 15 is 0 Å². The highest BCUT2D eigenvalue weighted by molar-refractivity contribution is 6.00. The normalized spacial score (nSPS) is 30.9. The lowest BCUT2D eigenvalue weighted by molar-refractivity contribution is -0.119. The van der Waals surface area contributed by atoms with Crippen molar-refractivity contribution in [1.29, 1.82) is 0 Å². The predicted octanol–water partition coefficient (Wildman–Crippen LogP) is 2.49. The van der Waals surface area contributed by atoms with Crippen LogP contribution in [-0.2, 0) is 20.7 Å². The number of benzene rings is 1. The summed E-state index contributed by atoms with van der Waals surface area (Å²) in [4.78, 5) is 24.8. The summed E-state index contributed by atoms with van der Waals surface area (Å²) in [5.41, 5.74) is 3.52. The number of ether oxygens (including phenoxy) is 3. The monoisotopic (exact) mass is 458 g/mol. The summed E-state index contributed by atoms with van der Waals surface area (Å²) in [6.07, 6.45) is 3.73. The average molecular weight is 459 g/mol. The van der Waals surface area contributed by atoms with E-state index in [1.54, 1.807) is 7.11 Å². The van der Waals surface area contributed by atoms with Gasteiger partial charge in [-0.25, -0.2) is 4.79 Å². The van der Waals surface area contributed by atoms with Crippen molar-refractivity contribution < 1.29 is 23.8 Å². The van der Waals surface area contributed by atoms with Crippen molar-refractivity contribution >= 4 is 17.8 Å². The lowest BCUT2D eigenvalue weighted by Crippen LogP contribution is -2.47. The summed E-state index contributed by atoms with van der Waals surface area (Å²) in [6.45, 7) is 5.26. The molecule has 4 atom stereocenters. The quantitative estimate of drug-likeness (QED) is 0.604. The van der Waals surface area contributed by atoms with Gasteiger partial charge in [-0.1, -0.05) is 12.1 Å². The molecule has 3 N–H and O–H groups in total. The number of hydrazone groups is 1. The number of nitrogens with zero attached hydrogens (tertiary/aromatic N) is 1. The molecule has 0 spiro atoms. The zero-order valence-corrected chi connectivity index (χ0v) is 19.6. The fourth-order valence-corrected chi connectivity index (χ4v) is 4.88. The Balaban J connectivity index is 1.22. The zero-order chi connectivity index (χ0) is 23.5. The Labute approximate surface area is 194 Å². The molecule has 180 valence electrons. The second-order valence-electron chi connectivity index (χ2n) is 9.86. The minimum absolute atomic E-state index is 0.0985. The van der Waals surface area contributed by atoms with Crippen molar-refractivity contribution in [1.82, 2.24) is 16.1 Å². The molecule has 9 nitrogen and oxygen atoms in total. The average Bonchev–Trinajstić information content (AvgIpc) is 3.50. The van der Waals surface area contributed by atoms with E-state index in [1.165, 1.54) is 0 Å². The second-order valence-corrected chi connectivity index (χ2v) is 9.86. The number of amides is 2. The van der Waals surface area contributed by atoms with Crippen molar-refractivity contribution in [2.24, 2.45) is 11.0 Å². The van der Waals surface area contributed by atoms with Gasteiger partial charge in [0.25, 0.3) is 0 Å². The minimum Gasteiger partial charge on any atom is -0.497 e. The molecule has 1 saturated carbocycles. The van der Waals surface area contributed by atoms with E-state index < -0.39 is 0 Å². The summed E-state index contributed by atoms with van der Waals surface area (Å²) in [5, 5.41) is 10.3. The molecule has 1 aliphatic carbocycles. The van der Waals surface area contributed by atoms with Gasteiger partial charge in [-0.05, 0) is 63.1 Å². The number of rotatable bonds is 6. The van der Waals surface area contributed by atoms with Gasteiger partial charge in [0.15, 0.2) is 0 Å². The third-order valence-electron chi connectivity index (χ3n) is 6.97. The molecule has 0 radical (unpaired) electrons. The van der Waals surface area contributed by atoms with E-state index in [0.29, 0.717) is 31.4 Å². The first-order valence-electron chi connectivity index (χ1n) is 11.6. The van der Waals surface area contributed by atoms with Crippen LogP contribution in [-0.4, -0.2) is 55.3 Å². The minimum atomic E-state index is -0.374. The third-order valence-corrected chi connectivity index (χ3v) is 6.97. The van der Waals surface area contributed by atoms with Gasteiger partial charge in [0.2, 0.25) is 5.91 Å². The SMILES string of the molecule is COc1ccc(CC(=O)NC2=NNC(C)([C@H]3CC[C@@H](OC(=O)NC4(C)CCOC4)C3)C2)cc1. The van der Waals surface area contributed by atoms with E-state index in [9.17, 15) is 9.59 Å².